The predicted octanol–water partition coefficient (Wildman–Crippen LogP) is 5.41. The Morgan fingerprint density at radius 1 is 0.806 bits per heavy atom. The summed E-state index contributed by atoms with van der Waals surface area (Å²) >= 11 is 0. The van der Waals surface area contributed by atoms with E-state index in [4.69, 9.17) is 0 Å². The van der Waals surface area contributed by atoms with Crippen LogP contribution in [0, 0.1) is 0 Å². The van der Waals surface area contributed by atoms with Gasteiger partial charge in [-0.3, -0.25) is 9.69 Å². The van der Waals surface area contributed by atoms with Crippen molar-refractivity contribution in [2.45, 2.75) is 37.8 Å². The van der Waals surface area contributed by atoms with E-state index >= 15 is 0 Å². The van der Waals surface area contributed by atoms with Crippen LogP contribution in [0.2, 0.25) is 0 Å². The molecule has 31 heavy (non-hydrogen) atoms. The van der Waals surface area contributed by atoms with Crippen molar-refractivity contribution >= 4 is 18.3 Å². The van der Waals surface area contributed by atoms with Gasteiger partial charge in [-0.2, -0.15) is 0 Å². The highest BCUT2D eigenvalue weighted by Gasteiger charge is 2.23. The molecule has 1 heterocycles. The van der Waals surface area contributed by atoms with Crippen LogP contribution in [0.1, 0.15) is 41.9 Å². The van der Waals surface area contributed by atoms with Crippen molar-refractivity contribution in [2.75, 3.05) is 13.1 Å². The first-order valence-corrected chi connectivity index (χ1v) is 10.9. The van der Waals surface area contributed by atoms with Gasteiger partial charge in [0.05, 0.1) is 0 Å². The molecule has 1 amide bonds. The second-order valence-electron chi connectivity index (χ2n) is 8.18. The summed E-state index contributed by atoms with van der Waals surface area (Å²) in [5, 5.41) is 3.31. The fourth-order valence-electron chi connectivity index (χ4n) is 4.35. The van der Waals surface area contributed by atoms with Crippen molar-refractivity contribution in [1.82, 2.24) is 10.2 Å². The average molecular weight is 435 g/mol. The molecule has 0 bridgehead atoms. The van der Waals surface area contributed by atoms with Crippen molar-refractivity contribution < 1.29 is 4.79 Å². The Kier molecular flexibility index (Phi) is 8.69. The molecule has 1 aliphatic heterocycles. The molecular weight excluding hydrogens is 404 g/mol. The fourth-order valence-corrected chi connectivity index (χ4v) is 4.35. The number of amides is 1. The topological polar surface area (TPSA) is 32.3 Å². The zero-order chi connectivity index (χ0) is 20.6. The molecule has 4 rings (SSSR count). The van der Waals surface area contributed by atoms with Gasteiger partial charge in [-0.1, -0.05) is 91.0 Å². The quantitative estimate of drug-likeness (QED) is 0.539. The second kappa shape index (κ2) is 11.7. The number of hydrogen-bond donors (Lipinski definition) is 1. The Morgan fingerprint density at radius 2 is 1.29 bits per heavy atom. The lowest BCUT2D eigenvalue weighted by molar-refractivity contribution is -0.122. The smallest absolute Gasteiger partial charge is 0.221 e. The summed E-state index contributed by atoms with van der Waals surface area (Å²) in [6, 6.07) is 31.6. The first-order valence-electron chi connectivity index (χ1n) is 10.9. The van der Waals surface area contributed by atoms with E-state index in [2.05, 4.69) is 64.8 Å². The molecule has 4 heteroatoms. The van der Waals surface area contributed by atoms with Crippen LogP contribution in [0.5, 0.6) is 0 Å². The number of hydrogen-bond acceptors (Lipinski definition) is 2. The minimum Gasteiger partial charge on any atom is -0.353 e. The van der Waals surface area contributed by atoms with E-state index in [1.54, 1.807) is 0 Å². The summed E-state index contributed by atoms with van der Waals surface area (Å²) in [6.45, 7) is 3.05. The van der Waals surface area contributed by atoms with Crippen molar-refractivity contribution in [2.24, 2.45) is 0 Å². The Hall–Kier alpha value is -2.62. The lowest BCUT2D eigenvalue weighted by Crippen LogP contribution is -2.44. The normalized spacial score (nSPS) is 14.7. The molecule has 0 spiro atoms. The molecule has 1 aliphatic rings. The molecule has 0 unspecified atom stereocenters. The van der Waals surface area contributed by atoms with Gasteiger partial charge in [0, 0.05) is 38.0 Å². The zero-order valence-electron chi connectivity index (χ0n) is 17.8. The van der Waals surface area contributed by atoms with Crippen LogP contribution in [-0.2, 0) is 11.3 Å². The van der Waals surface area contributed by atoms with Gasteiger partial charge < -0.3 is 5.32 Å². The molecule has 3 nitrogen and oxygen atoms in total. The highest BCUT2D eigenvalue weighted by Crippen LogP contribution is 2.28. The first kappa shape index (κ1) is 23.1. The van der Waals surface area contributed by atoms with E-state index in [9.17, 15) is 4.79 Å². The van der Waals surface area contributed by atoms with Crippen molar-refractivity contribution in [3.8, 4) is 0 Å². The van der Waals surface area contributed by atoms with Crippen LogP contribution in [0.25, 0.3) is 0 Å². The molecular formula is C27H31ClN2O. The molecule has 1 fully saturated rings. The molecule has 0 radical (unpaired) electrons. The summed E-state index contributed by atoms with van der Waals surface area (Å²) in [6.07, 6.45) is 2.51. The van der Waals surface area contributed by atoms with E-state index in [0.29, 0.717) is 6.42 Å². The fraction of sp³-hybridized carbons (Fsp3) is 0.296. The number of rotatable bonds is 7. The molecule has 162 valence electrons. The predicted molar refractivity (Wildman–Crippen MR) is 129 cm³/mol. The van der Waals surface area contributed by atoms with Crippen LogP contribution >= 0.6 is 12.4 Å². The van der Waals surface area contributed by atoms with Gasteiger partial charge in [0.2, 0.25) is 5.91 Å². The van der Waals surface area contributed by atoms with E-state index in [1.807, 2.05) is 36.4 Å². The minimum absolute atomic E-state index is 0. The van der Waals surface area contributed by atoms with Gasteiger partial charge in [0.25, 0.3) is 0 Å². The number of carbonyl (C=O) groups excluding carboxylic acids is 1. The van der Waals surface area contributed by atoms with Crippen molar-refractivity contribution in [3.63, 3.8) is 0 Å². The molecule has 3 aromatic carbocycles. The molecule has 3 aromatic rings. The van der Waals surface area contributed by atoms with Gasteiger partial charge in [-0.15, -0.1) is 12.4 Å². The third-order valence-electron chi connectivity index (χ3n) is 6.00. The summed E-state index contributed by atoms with van der Waals surface area (Å²) < 4.78 is 0. The van der Waals surface area contributed by atoms with E-state index in [-0.39, 0.29) is 30.3 Å². The largest absolute Gasteiger partial charge is 0.353 e. The SMILES string of the molecule is Cl.O=C(CC(c1ccccc1)c1ccccc1)NC1CCN(Cc2ccccc2)CC1. The molecule has 0 aromatic heterocycles. The molecule has 1 N–H and O–H groups in total. The van der Waals surface area contributed by atoms with Gasteiger partial charge in [-0.05, 0) is 29.5 Å². The van der Waals surface area contributed by atoms with Crippen LogP contribution in [0.15, 0.2) is 91.0 Å². The van der Waals surface area contributed by atoms with Gasteiger partial charge in [0.15, 0.2) is 0 Å². The van der Waals surface area contributed by atoms with E-state index in [1.165, 1.54) is 16.7 Å². The summed E-state index contributed by atoms with van der Waals surface area (Å²) in [4.78, 5) is 15.4. The van der Waals surface area contributed by atoms with Crippen LogP contribution in [-0.4, -0.2) is 29.9 Å². The average Bonchev–Trinajstić information content (AvgIpc) is 2.81. The van der Waals surface area contributed by atoms with E-state index in [0.717, 1.165) is 32.5 Å². The maximum absolute atomic E-state index is 12.9. The van der Waals surface area contributed by atoms with Crippen LogP contribution < -0.4 is 5.32 Å². The summed E-state index contributed by atoms with van der Waals surface area (Å²) in [5.41, 5.74) is 3.74. The number of nitrogens with one attached hydrogen (secondary N) is 1. The van der Waals surface area contributed by atoms with Gasteiger partial charge in [0.1, 0.15) is 0 Å². The lowest BCUT2D eigenvalue weighted by Gasteiger charge is -2.32. The third-order valence-corrected chi connectivity index (χ3v) is 6.00. The number of halogens is 1. The number of piperidine rings is 1. The Balaban J connectivity index is 0.00000272. The Morgan fingerprint density at radius 3 is 1.81 bits per heavy atom. The van der Waals surface area contributed by atoms with Gasteiger partial charge >= 0.3 is 0 Å². The number of benzene rings is 3. The zero-order valence-corrected chi connectivity index (χ0v) is 18.6. The monoisotopic (exact) mass is 434 g/mol. The number of likely N-dealkylation sites (tertiary alicyclic amines) is 1. The van der Waals surface area contributed by atoms with Crippen molar-refractivity contribution in [3.05, 3.63) is 108 Å². The van der Waals surface area contributed by atoms with Gasteiger partial charge in [-0.25, -0.2) is 0 Å². The standard InChI is InChI=1S/C27H30N2O.ClH/c30-27(20-26(23-12-6-2-7-13-23)24-14-8-3-9-15-24)28-25-16-18-29(19-17-25)21-22-10-4-1-5-11-22;/h1-15,25-26H,16-21H2,(H,28,30);1H. The number of carbonyl (C=O) groups is 1. The highest BCUT2D eigenvalue weighted by atomic mass is 35.5. The minimum atomic E-state index is 0. The molecule has 0 atom stereocenters. The van der Waals surface area contributed by atoms with Crippen LogP contribution in [0.4, 0.5) is 0 Å². The Bertz CT molecular complexity index is 870. The first-order chi connectivity index (χ1) is 14.8. The summed E-state index contributed by atoms with van der Waals surface area (Å²) in [5.74, 6) is 0.236. The Labute approximate surface area is 191 Å². The molecule has 0 aliphatic carbocycles. The van der Waals surface area contributed by atoms with E-state index < -0.39 is 0 Å². The third kappa shape index (κ3) is 6.68. The maximum atomic E-state index is 12.9. The second-order valence-corrected chi connectivity index (χ2v) is 8.18. The number of nitrogens with zero attached hydrogens (tertiary/aromatic N) is 1. The maximum Gasteiger partial charge on any atom is 0.221 e. The lowest BCUT2D eigenvalue weighted by atomic mass is 9.88. The van der Waals surface area contributed by atoms with Crippen molar-refractivity contribution in [1.29, 1.82) is 0 Å². The molecule has 1 saturated heterocycles. The molecule has 0 saturated carbocycles. The highest BCUT2D eigenvalue weighted by molar-refractivity contribution is 5.85. The van der Waals surface area contributed by atoms with Crippen LogP contribution in [0.3, 0.4) is 0 Å². The summed E-state index contributed by atoms with van der Waals surface area (Å²) in [7, 11) is 0.